The van der Waals surface area contributed by atoms with Crippen LogP contribution in [0, 0.1) is 0 Å². The summed E-state index contributed by atoms with van der Waals surface area (Å²) in [5, 5.41) is 7.85. The molecule has 90 valence electrons. The van der Waals surface area contributed by atoms with Crippen LogP contribution < -0.4 is 4.84 Å². The fourth-order valence-electron chi connectivity index (χ4n) is 1.30. The van der Waals surface area contributed by atoms with Gasteiger partial charge in [-0.2, -0.15) is 0 Å². The lowest BCUT2D eigenvalue weighted by atomic mass is 10.4. The minimum atomic E-state index is -0.313. The molecular weight excluding hydrogens is 220 g/mol. The second-order valence-corrected chi connectivity index (χ2v) is 3.68. The van der Waals surface area contributed by atoms with Crippen LogP contribution in [0.2, 0.25) is 0 Å². The van der Waals surface area contributed by atoms with Crippen LogP contribution in [0.3, 0.4) is 0 Å². The Balaban J connectivity index is 2.28. The van der Waals surface area contributed by atoms with Gasteiger partial charge >= 0.3 is 0 Å². The SMILES string of the molecule is CN=CC(On1nnc2cccnc21)N(C)C. The van der Waals surface area contributed by atoms with Crippen molar-refractivity contribution in [3.63, 3.8) is 0 Å². The lowest BCUT2D eigenvalue weighted by Gasteiger charge is -2.19. The summed E-state index contributed by atoms with van der Waals surface area (Å²) in [4.78, 5) is 16.9. The number of pyridine rings is 1. The van der Waals surface area contributed by atoms with Crippen LogP contribution in [0.25, 0.3) is 11.2 Å². The predicted molar refractivity (Wildman–Crippen MR) is 63.8 cm³/mol. The first-order valence-electron chi connectivity index (χ1n) is 5.14. The maximum absolute atomic E-state index is 5.63. The molecule has 0 spiro atoms. The lowest BCUT2D eigenvalue weighted by molar-refractivity contribution is -0.0118. The van der Waals surface area contributed by atoms with E-state index >= 15 is 0 Å². The van der Waals surface area contributed by atoms with Gasteiger partial charge in [-0.15, -0.1) is 5.10 Å². The first-order chi connectivity index (χ1) is 8.22. The molecule has 0 saturated carbocycles. The number of aromatic nitrogens is 4. The summed E-state index contributed by atoms with van der Waals surface area (Å²) in [7, 11) is 5.47. The van der Waals surface area contributed by atoms with Gasteiger partial charge in [-0.25, -0.2) is 4.98 Å². The van der Waals surface area contributed by atoms with E-state index in [0.717, 1.165) is 0 Å². The molecular formula is C10H14N6O. The summed E-state index contributed by atoms with van der Waals surface area (Å²) in [5.74, 6) is 0. The van der Waals surface area contributed by atoms with Crippen LogP contribution in [-0.4, -0.2) is 58.6 Å². The van der Waals surface area contributed by atoms with E-state index in [9.17, 15) is 0 Å². The van der Waals surface area contributed by atoms with E-state index in [4.69, 9.17) is 4.84 Å². The molecule has 0 aliphatic heterocycles. The molecule has 7 nitrogen and oxygen atoms in total. The Morgan fingerprint density at radius 3 is 3.06 bits per heavy atom. The Morgan fingerprint density at radius 2 is 2.35 bits per heavy atom. The monoisotopic (exact) mass is 234 g/mol. The minimum absolute atomic E-state index is 0.313. The standard InChI is InChI=1S/C10H14N6O/c1-11-7-9(15(2)3)17-16-10-8(13-14-16)5-4-6-12-10/h4-7,9H,1-3H3. The third-order valence-electron chi connectivity index (χ3n) is 2.17. The van der Waals surface area contributed by atoms with Crippen molar-refractivity contribution < 1.29 is 4.84 Å². The molecule has 0 radical (unpaired) electrons. The molecule has 2 aromatic rings. The van der Waals surface area contributed by atoms with Gasteiger partial charge in [-0.3, -0.25) is 9.89 Å². The largest absolute Gasteiger partial charge is 0.368 e. The second kappa shape index (κ2) is 4.88. The highest BCUT2D eigenvalue weighted by Gasteiger charge is 2.13. The van der Waals surface area contributed by atoms with E-state index in [2.05, 4.69) is 20.3 Å². The van der Waals surface area contributed by atoms with Gasteiger partial charge < -0.3 is 4.84 Å². The number of rotatable bonds is 4. The molecule has 0 bridgehead atoms. The highest BCUT2D eigenvalue weighted by Crippen LogP contribution is 2.05. The van der Waals surface area contributed by atoms with Gasteiger partial charge in [-0.1, -0.05) is 4.85 Å². The summed E-state index contributed by atoms with van der Waals surface area (Å²) >= 11 is 0. The van der Waals surface area contributed by atoms with Gasteiger partial charge in [0.15, 0.2) is 0 Å². The third-order valence-corrected chi connectivity index (χ3v) is 2.17. The molecule has 17 heavy (non-hydrogen) atoms. The van der Waals surface area contributed by atoms with Crippen molar-refractivity contribution in [3.8, 4) is 0 Å². The van der Waals surface area contributed by atoms with Gasteiger partial charge in [0.25, 0.3) is 0 Å². The molecule has 0 amide bonds. The quantitative estimate of drug-likeness (QED) is 0.543. The first kappa shape index (κ1) is 11.5. The van der Waals surface area contributed by atoms with E-state index in [-0.39, 0.29) is 6.23 Å². The Kier molecular flexibility index (Phi) is 3.29. The first-order valence-corrected chi connectivity index (χ1v) is 5.14. The second-order valence-electron chi connectivity index (χ2n) is 3.68. The van der Waals surface area contributed by atoms with Crippen LogP contribution >= 0.6 is 0 Å². The summed E-state index contributed by atoms with van der Waals surface area (Å²) in [6.07, 6.45) is 3.03. The van der Waals surface area contributed by atoms with E-state index in [1.165, 1.54) is 4.85 Å². The highest BCUT2D eigenvalue weighted by molar-refractivity contribution is 5.68. The van der Waals surface area contributed by atoms with Crippen LogP contribution in [-0.2, 0) is 0 Å². The molecule has 2 aromatic heterocycles. The van der Waals surface area contributed by atoms with Crippen molar-refractivity contribution in [3.05, 3.63) is 18.3 Å². The summed E-state index contributed by atoms with van der Waals surface area (Å²) < 4.78 is 0. The zero-order valence-corrected chi connectivity index (χ0v) is 9.98. The molecule has 1 atom stereocenters. The zero-order valence-electron chi connectivity index (χ0n) is 9.98. The molecule has 0 aromatic carbocycles. The number of aliphatic imine (C=N–C) groups is 1. The third kappa shape index (κ3) is 2.39. The van der Waals surface area contributed by atoms with Crippen molar-refractivity contribution in [1.29, 1.82) is 0 Å². The molecule has 0 aliphatic carbocycles. The Labute approximate surface area is 98.7 Å². The number of hydrogen-bond acceptors (Lipinski definition) is 6. The highest BCUT2D eigenvalue weighted by atomic mass is 16.7. The Morgan fingerprint density at radius 1 is 1.53 bits per heavy atom. The van der Waals surface area contributed by atoms with Crippen LogP contribution in [0.4, 0.5) is 0 Å². The van der Waals surface area contributed by atoms with E-state index in [1.807, 2.05) is 25.1 Å². The van der Waals surface area contributed by atoms with Crippen molar-refractivity contribution in [1.82, 2.24) is 25.0 Å². The fraction of sp³-hybridized carbons (Fsp3) is 0.400. The Hall–Kier alpha value is -2.02. The summed E-state index contributed by atoms with van der Waals surface area (Å²) in [6, 6.07) is 3.63. The van der Waals surface area contributed by atoms with E-state index in [0.29, 0.717) is 11.2 Å². The van der Waals surface area contributed by atoms with Gasteiger partial charge in [0.1, 0.15) is 5.52 Å². The predicted octanol–water partition coefficient (Wildman–Crippen LogP) is -0.157. The molecule has 1 unspecified atom stereocenters. The maximum atomic E-state index is 5.63. The summed E-state index contributed by atoms with van der Waals surface area (Å²) in [6.45, 7) is 0. The van der Waals surface area contributed by atoms with Gasteiger partial charge in [0.05, 0.1) is 6.21 Å². The topological polar surface area (TPSA) is 68.4 Å². The van der Waals surface area contributed by atoms with Crippen LogP contribution in [0.5, 0.6) is 0 Å². The number of nitrogens with zero attached hydrogens (tertiary/aromatic N) is 6. The molecule has 0 saturated heterocycles. The van der Waals surface area contributed by atoms with Crippen LogP contribution in [0.1, 0.15) is 0 Å². The fourth-order valence-corrected chi connectivity index (χ4v) is 1.30. The van der Waals surface area contributed by atoms with Crippen LogP contribution in [0.15, 0.2) is 23.3 Å². The normalized spacial score (nSPS) is 13.6. The van der Waals surface area contributed by atoms with Crippen molar-refractivity contribution in [2.75, 3.05) is 21.1 Å². The maximum Gasteiger partial charge on any atom is 0.219 e. The molecule has 7 heteroatoms. The number of fused-ring (bicyclic) bond motifs is 1. The van der Waals surface area contributed by atoms with Crippen molar-refractivity contribution in [2.45, 2.75) is 6.23 Å². The van der Waals surface area contributed by atoms with Gasteiger partial charge in [0, 0.05) is 13.2 Å². The Bertz CT molecular complexity index is 520. The smallest absolute Gasteiger partial charge is 0.219 e. The minimum Gasteiger partial charge on any atom is -0.368 e. The van der Waals surface area contributed by atoms with Crippen molar-refractivity contribution >= 4 is 17.4 Å². The summed E-state index contributed by atoms with van der Waals surface area (Å²) in [5.41, 5.74) is 1.28. The van der Waals surface area contributed by atoms with Gasteiger partial charge in [-0.05, 0) is 31.4 Å². The molecule has 2 heterocycles. The number of hydrogen-bond donors (Lipinski definition) is 0. The average Bonchev–Trinajstić information content (AvgIpc) is 2.72. The molecule has 0 N–H and O–H groups in total. The molecule has 2 rings (SSSR count). The molecule has 0 aliphatic rings. The average molecular weight is 234 g/mol. The van der Waals surface area contributed by atoms with E-state index < -0.39 is 0 Å². The molecule has 0 fully saturated rings. The van der Waals surface area contributed by atoms with Crippen molar-refractivity contribution in [2.24, 2.45) is 4.99 Å². The van der Waals surface area contributed by atoms with E-state index in [1.54, 1.807) is 25.5 Å². The van der Waals surface area contributed by atoms with Gasteiger partial charge in [0.2, 0.25) is 11.9 Å². The zero-order chi connectivity index (χ0) is 12.3. The lowest BCUT2D eigenvalue weighted by Crippen LogP contribution is -2.39.